The van der Waals surface area contributed by atoms with Crippen LogP contribution in [0.15, 0.2) is 47.4 Å². The molecule has 1 aromatic carbocycles. The first-order valence-corrected chi connectivity index (χ1v) is 7.84. The fraction of sp³-hybridized carbons (Fsp3) is 0.211. The third-order valence-electron chi connectivity index (χ3n) is 4.16. The Hall–Kier alpha value is -3.15. The Balaban J connectivity index is 2.17. The van der Waals surface area contributed by atoms with Gasteiger partial charge in [0.1, 0.15) is 5.75 Å². The molecule has 0 spiro atoms. The summed E-state index contributed by atoms with van der Waals surface area (Å²) in [6, 6.07) is 10.7. The molecule has 2 N–H and O–H groups in total. The number of aromatic amines is 1. The molecule has 0 radical (unpaired) electrons. The summed E-state index contributed by atoms with van der Waals surface area (Å²) in [5.74, 6) is -1.22. The Morgan fingerprint density at radius 2 is 2.12 bits per heavy atom. The van der Waals surface area contributed by atoms with Gasteiger partial charge in [0.2, 0.25) is 0 Å². The van der Waals surface area contributed by atoms with E-state index in [0.717, 1.165) is 16.5 Å². The zero-order chi connectivity index (χ0) is 18.0. The molecule has 2 heterocycles. The second-order valence-electron chi connectivity index (χ2n) is 5.87. The van der Waals surface area contributed by atoms with Gasteiger partial charge in [-0.15, -0.1) is 0 Å². The minimum atomic E-state index is -0.624. The fourth-order valence-corrected chi connectivity index (χ4v) is 2.97. The SMILES string of the molecule is COC(=O)C[C@@H](c1ccc2ncccc2c1)c1c(O)cc(C)[nH]c1=O. The molecule has 3 rings (SSSR count). The average molecular weight is 338 g/mol. The van der Waals surface area contributed by atoms with Crippen LogP contribution in [0.2, 0.25) is 0 Å². The second-order valence-corrected chi connectivity index (χ2v) is 5.87. The number of nitrogens with zero attached hydrogens (tertiary/aromatic N) is 1. The predicted molar refractivity (Wildman–Crippen MR) is 93.7 cm³/mol. The van der Waals surface area contributed by atoms with Gasteiger partial charge < -0.3 is 14.8 Å². The maximum Gasteiger partial charge on any atom is 0.306 e. The molecule has 0 saturated heterocycles. The number of fused-ring (bicyclic) bond motifs is 1. The van der Waals surface area contributed by atoms with Crippen molar-refractivity contribution in [3.05, 3.63) is 69.8 Å². The lowest BCUT2D eigenvalue weighted by atomic mass is 9.88. The van der Waals surface area contributed by atoms with Crippen LogP contribution in [0.25, 0.3) is 10.9 Å². The number of pyridine rings is 2. The van der Waals surface area contributed by atoms with Gasteiger partial charge in [-0.3, -0.25) is 14.6 Å². The van der Waals surface area contributed by atoms with E-state index < -0.39 is 17.4 Å². The molecule has 2 aromatic heterocycles. The lowest BCUT2D eigenvalue weighted by Gasteiger charge is -2.18. The van der Waals surface area contributed by atoms with Gasteiger partial charge in [0, 0.05) is 23.2 Å². The van der Waals surface area contributed by atoms with Gasteiger partial charge in [-0.25, -0.2) is 0 Å². The number of H-pyrrole nitrogens is 1. The number of aromatic nitrogens is 2. The number of hydrogen-bond acceptors (Lipinski definition) is 5. The quantitative estimate of drug-likeness (QED) is 0.714. The summed E-state index contributed by atoms with van der Waals surface area (Å²) >= 11 is 0. The first-order chi connectivity index (χ1) is 12.0. The summed E-state index contributed by atoms with van der Waals surface area (Å²) in [5.41, 5.74) is 1.82. The van der Waals surface area contributed by atoms with Crippen LogP contribution >= 0.6 is 0 Å². The van der Waals surface area contributed by atoms with Crippen LogP contribution in [0.3, 0.4) is 0 Å². The number of esters is 1. The molecule has 0 aliphatic heterocycles. The topological polar surface area (TPSA) is 92.3 Å². The van der Waals surface area contributed by atoms with Crippen molar-refractivity contribution in [1.82, 2.24) is 9.97 Å². The number of methoxy groups -OCH3 is 1. The zero-order valence-electron chi connectivity index (χ0n) is 13.9. The van der Waals surface area contributed by atoms with Gasteiger partial charge >= 0.3 is 5.97 Å². The number of ether oxygens (including phenoxy) is 1. The van der Waals surface area contributed by atoms with Gasteiger partial charge in [0.15, 0.2) is 0 Å². The molecule has 0 unspecified atom stereocenters. The summed E-state index contributed by atoms with van der Waals surface area (Å²) < 4.78 is 4.77. The molecule has 0 aliphatic rings. The third-order valence-corrected chi connectivity index (χ3v) is 4.16. The first-order valence-electron chi connectivity index (χ1n) is 7.84. The molecule has 25 heavy (non-hydrogen) atoms. The molecule has 0 saturated carbocycles. The number of aryl methyl sites for hydroxylation is 1. The lowest BCUT2D eigenvalue weighted by Crippen LogP contribution is -2.20. The van der Waals surface area contributed by atoms with Crippen LogP contribution in [0.4, 0.5) is 0 Å². The van der Waals surface area contributed by atoms with Gasteiger partial charge in [-0.05, 0) is 36.8 Å². The van der Waals surface area contributed by atoms with E-state index in [1.165, 1.54) is 13.2 Å². The summed E-state index contributed by atoms with van der Waals surface area (Å²) in [6.07, 6.45) is 1.65. The molecule has 6 heteroatoms. The van der Waals surface area contributed by atoms with Crippen LogP contribution in [0, 0.1) is 6.92 Å². The van der Waals surface area contributed by atoms with Crippen molar-refractivity contribution in [2.75, 3.05) is 7.11 Å². The Bertz CT molecular complexity index is 994. The normalized spacial score (nSPS) is 12.1. The smallest absolute Gasteiger partial charge is 0.306 e. The van der Waals surface area contributed by atoms with Crippen molar-refractivity contribution in [3.63, 3.8) is 0 Å². The standard InChI is InChI=1S/C19H18N2O4/c1-11-8-16(22)18(19(24)21-11)14(10-17(23)25-2)12-5-6-15-13(9-12)4-3-7-20-15/h3-9,14H,10H2,1-2H3,(H2,21,22,24)/t14-/m0/s1. The van der Waals surface area contributed by atoms with Crippen molar-refractivity contribution in [3.8, 4) is 5.75 Å². The van der Waals surface area contributed by atoms with E-state index in [4.69, 9.17) is 4.74 Å². The van der Waals surface area contributed by atoms with E-state index in [1.807, 2.05) is 30.3 Å². The van der Waals surface area contributed by atoms with Gasteiger partial charge in [-0.1, -0.05) is 12.1 Å². The van der Waals surface area contributed by atoms with Gasteiger partial charge in [-0.2, -0.15) is 0 Å². The van der Waals surface area contributed by atoms with Crippen LogP contribution in [-0.2, 0) is 9.53 Å². The van der Waals surface area contributed by atoms with Gasteiger partial charge in [0.25, 0.3) is 5.56 Å². The second kappa shape index (κ2) is 6.76. The molecule has 6 nitrogen and oxygen atoms in total. The summed E-state index contributed by atoms with van der Waals surface area (Å²) in [5, 5.41) is 11.2. The highest BCUT2D eigenvalue weighted by molar-refractivity contribution is 5.80. The summed E-state index contributed by atoms with van der Waals surface area (Å²) in [6.45, 7) is 1.68. The van der Waals surface area contributed by atoms with Crippen LogP contribution in [0.5, 0.6) is 5.75 Å². The number of carbonyl (C=O) groups excluding carboxylic acids is 1. The van der Waals surface area contributed by atoms with Crippen LogP contribution in [0.1, 0.15) is 29.2 Å². The molecular weight excluding hydrogens is 320 g/mol. The highest BCUT2D eigenvalue weighted by Crippen LogP contribution is 2.33. The number of aromatic hydroxyl groups is 1. The van der Waals surface area contributed by atoms with Crippen LogP contribution < -0.4 is 5.56 Å². The molecule has 0 amide bonds. The highest BCUT2D eigenvalue weighted by Gasteiger charge is 2.25. The zero-order valence-corrected chi connectivity index (χ0v) is 13.9. The van der Waals surface area contributed by atoms with Crippen molar-refractivity contribution in [1.29, 1.82) is 0 Å². The van der Waals surface area contributed by atoms with Crippen molar-refractivity contribution in [2.24, 2.45) is 0 Å². The third kappa shape index (κ3) is 3.38. The molecule has 128 valence electrons. The summed E-state index contributed by atoms with van der Waals surface area (Å²) in [4.78, 5) is 31.3. The highest BCUT2D eigenvalue weighted by atomic mass is 16.5. The number of hydrogen-bond donors (Lipinski definition) is 2. The maximum atomic E-state index is 12.4. The molecular formula is C19H18N2O4. The number of carbonyl (C=O) groups is 1. The molecule has 0 fully saturated rings. The van der Waals surface area contributed by atoms with Crippen molar-refractivity contribution < 1.29 is 14.6 Å². The lowest BCUT2D eigenvalue weighted by molar-refractivity contribution is -0.140. The average Bonchev–Trinajstić information content (AvgIpc) is 2.59. The number of benzene rings is 1. The Morgan fingerprint density at radius 3 is 2.84 bits per heavy atom. The maximum absolute atomic E-state index is 12.4. The molecule has 0 aliphatic carbocycles. The fourth-order valence-electron chi connectivity index (χ4n) is 2.97. The Morgan fingerprint density at radius 1 is 1.32 bits per heavy atom. The van der Waals surface area contributed by atoms with E-state index in [9.17, 15) is 14.7 Å². The van der Waals surface area contributed by atoms with E-state index in [0.29, 0.717) is 5.69 Å². The van der Waals surface area contributed by atoms with E-state index >= 15 is 0 Å². The number of rotatable bonds is 4. The van der Waals surface area contributed by atoms with Crippen LogP contribution in [-0.4, -0.2) is 28.2 Å². The minimum Gasteiger partial charge on any atom is -0.507 e. The van der Waals surface area contributed by atoms with Gasteiger partial charge in [0.05, 0.1) is 24.6 Å². The Kier molecular flexibility index (Phi) is 4.52. The number of nitrogens with one attached hydrogen (secondary N) is 1. The predicted octanol–water partition coefficient (Wildman–Crippen LogP) is 2.63. The van der Waals surface area contributed by atoms with E-state index in [2.05, 4.69) is 9.97 Å². The van der Waals surface area contributed by atoms with Crippen molar-refractivity contribution in [2.45, 2.75) is 19.3 Å². The molecule has 0 bridgehead atoms. The largest absolute Gasteiger partial charge is 0.507 e. The monoisotopic (exact) mass is 338 g/mol. The molecule has 3 aromatic rings. The van der Waals surface area contributed by atoms with E-state index in [1.54, 1.807) is 13.1 Å². The summed E-state index contributed by atoms with van der Waals surface area (Å²) in [7, 11) is 1.29. The Labute approximate surface area is 144 Å². The molecule has 1 atom stereocenters. The van der Waals surface area contributed by atoms with Crippen molar-refractivity contribution >= 4 is 16.9 Å². The van der Waals surface area contributed by atoms with E-state index in [-0.39, 0.29) is 17.7 Å². The minimum absolute atomic E-state index is 0.0536. The first kappa shape index (κ1) is 16.7.